The van der Waals surface area contributed by atoms with E-state index in [1.165, 1.54) is 31.2 Å². The molecular weight excluding hydrogens is 452 g/mol. The summed E-state index contributed by atoms with van der Waals surface area (Å²) in [7, 11) is -5.00. The number of ketones is 1. The molecule has 0 bridgehead atoms. The molecule has 2 aromatic carbocycles. The predicted molar refractivity (Wildman–Crippen MR) is 110 cm³/mol. The van der Waals surface area contributed by atoms with Crippen molar-refractivity contribution in [3.8, 4) is 5.75 Å². The van der Waals surface area contributed by atoms with Crippen LogP contribution in [0.15, 0.2) is 36.4 Å². The Bertz CT molecular complexity index is 1100. The normalized spacial score (nSPS) is 19.8. The lowest BCUT2D eigenvalue weighted by Crippen LogP contribution is -2.54. The molecule has 2 aromatic rings. The van der Waals surface area contributed by atoms with Gasteiger partial charge in [0.2, 0.25) is 0 Å². The first-order chi connectivity index (χ1) is 14.3. The second-order valence-corrected chi connectivity index (χ2v) is 9.21. The number of Topliss-reactive ketones (excluding diaryl/α,β-unsaturated/α-hetero) is 1. The Morgan fingerprint density at radius 1 is 1.23 bits per heavy atom. The standard InChI is InChI=1S/C20H20ClFNO7P/c1-10(24)11-4-7-16-14(8-11)17(18(20(2,3)29-16)30-31(26,27)28)23-19(25)13-6-5-12(22)9-15(13)21/h4-9,17-18H,1-3H3,(H,23,25)(H2,26,27,28)/t17-,18+/m0/s1. The lowest BCUT2D eigenvalue weighted by molar-refractivity contribution is -0.0597. The maximum Gasteiger partial charge on any atom is 0.470 e. The minimum absolute atomic E-state index is 0.0495. The van der Waals surface area contributed by atoms with E-state index in [9.17, 15) is 28.3 Å². The van der Waals surface area contributed by atoms with Crippen LogP contribution < -0.4 is 10.1 Å². The lowest BCUT2D eigenvalue weighted by atomic mass is 9.85. The molecule has 11 heteroatoms. The molecule has 166 valence electrons. The van der Waals surface area contributed by atoms with Gasteiger partial charge in [0.05, 0.1) is 16.6 Å². The van der Waals surface area contributed by atoms with Crippen molar-refractivity contribution in [1.82, 2.24) is 5.32 Å². The maximum absolute atomic E-state index is 13.4. The second kappa shape index (κ2) is 8.33. The summed E-state index contributed by atoms with van der Waals surface area (Å²) in [6, 6.07) is 6.61. The minimum Gasteiger partial charge on any atom is -0.485 e. The number of benzene rings is 2. The molecule has 0 saturated heterocycles. The average molecular weight is 472 g/mol. The highest BCUT2D eigenvalue weighted by Crippen LogP contribution is 2.49. The summed E-state index contributed by atoms with van der Waals surface area (Å²) in [5.41, 5.74) is -0.740. The van der Waals surface area contributed by atoms with Gasteiger partial charge in [0.25, 0.3) is 5.91 Å². The van der Waals surface area contributed by atoms with E-state index >= 15 is 0 Å². The highest BCUT2D eigenvalue weighted by atomic mass is 35.5. The first-order valence-corrected chi connectivity index (χ1v) is 11.0. The fraction of sp³-hybridized carbons (Fsp3) is 0.300. The highest BCUT2D eigenvalue weighted by Gasteiger charge is 2.48. The summed E-state index contributed by atoms with van der Waals surface area (Å²) in [6.45, 7) is 4.43. The van der Waals surface area contributed by atoms with Gasteiger partial charge in [-0.2, -0.15) is 0 Å². The SMILES string of the molecule is CC(=O)c1ccc2c(c1)[C@H](NC(=O)c1ccc(F)cc1Cl)[C@@H](OP(=O)(O)O)C(C)(C)O2. The van der Waals surface area contributed by atoms with E-state index in [1.54, 1.807) is 13.8 Å². The number of fused-ring (bicyclic) bond motifs is 1. The summed E-state index contributed by atoms with van der Waals surface area (Å²) in [6.07, 6.45) is -1.34. The fourth-order valence-corrected chi connectivity index (χ4v) is 4.32. The van der Waals surface area contributed by atoms with Crippen LogP contribution in [-0.2, 0) is 9.09 Å². The first-order valence-electron chi connectivity index (χ1n) is 9.12. The van der Waals surface area contributed by atoms with Gasteiger partial charge in [0.15, 0.2) is 5.78 Å². The van der Waals surface area contributed by atoms with E-state index < -0.39 is 37.3 Å². The zero-order chi connectivity index (χ0) is 23.1. The molecule has 1 heterocycles. The molecule has 8 nitrogen and oxygen atoms in total. The van der Waals surface area contributed by atoms with Crippen molar-refractivity contribution in [1.29, 1.82) is 0 Å². The average Bonchev–Trinajstić information content (AvgIpc) is 2.62. The van der Waals surface area contributed by atoms with Crippen LogP contribution in [-0.4, -0.2) is 33.2 Å². The van der Waals surface area contributed by atoms with Gasteiger partial charge >= 0.3 is 7.82 Å². The molecular formula is C20H20ClFNO7P. The Balaban J connectivity index is 2.11. The number of phosphoric acid groups is 1. The van der Waals surface area contributed by atoms with Crippen molar-refractivity contribution in [2.45, 2.75) is 38.5 Å². The van der Waals surface area contributed by atoms with E-state index in [-0.39, 0.29) is 21.9 Å². The third kappa shape index (κ3) is 5.14. The predicted octanol–water partition coefficient (Wildman–Crippen LogP) is 3.80. The number of carbonyl (C=O) groups is 2. The molecule has 0 unspecified atom stereocenters. The Morgan fingerprint density at radius 2 is 1.90 bits per heavy atom. The molecule has 0 radical (unpaired) electrons. The maximum atomic E-state index is 13.4. The number of hydrogen-bond donors (Lipinski definition) is 3. The fourth-order valence-electron chi connectivity index (χ4n) is 3.39. The number of amides is 1. The molecule has 0 aliphatic carbocycles. The van der Waals surface area contributed by atoms with Crippen LogP contribution in [0.25, 0.3) is 0 Å². The van der Waals surface area contributed by atoms with Crippen LogP contribution in [0.2, 0.25) is 5.02 Å². The topological polar surface area (TPSA) is 122 Å². The number of phosphoric ester groups is 1. The number of nitrogens with one attached hydrogen (secondary N) is 1. The van der Waals surface area contributed by atoms with Gasteiger partial charge in [-0.05, 0) is 57.2 Å². The Labute approximate surface area is 182 Å². The van der Waals surface area contributed by atoms with Gasteiger partial charge in [-0.15, -0.1) is 0 Å². The smallest absolute Gasteiger partial charge is 0.470 e. The molecule has 0 fully saturated rings. The third-order valence-corrected chi connectivity index (χ3v) is 5.64. The van der Waals surface area contributed by atoms with E-state index in [0.29, 0.717) is 11.3 Å². The molecule has 31 heavy (non-hydrogen) atoms. The van der Waals surface area contributed by atoms with Crippen molar-refractivity contribution < 1.29 is 37.6 Å². The van der Waals surface area contributed by atoms with Gasteiger partial charge in [0.1, 0.15) is 23.3 Å². The summed E-state index contributed by atoms with van der Waals surface area (Å²) in [4.78, 5) is 43.7. The molecule has 2 atom stereocenters. The summed E-state index contributed by atoms with van der Waals surface area (Å²) in [5, 5.41) is 2.50. The van der Waals surface area contributed by atoms with Crippen molar-refractivity contribution in [3.05, 3.63) is 63.9 Å². The lowest BCUT2D eigenvalue weighted by Gasteiger charge is -2.44. The Hall–Kier alpha value is -2.29. The molecule has 0 spiro atoms. The largest absolute Gasteiger partial charge is 0.485 e. The van der Waals surface area contributed by atoms with E-state index in [0.717, 1.165) is 12.1 Å². The van der Waals surface area contributed by atoms with Crippen LogP contribution in [0, 0.1) is 5.82 Å². The third-order valence-electron chi connectivity index (χ3n) is 4.83. The van der Waals surface area contributed by atoms with Crippen molar-refractivity contribution in [2.75, 3.05) is 0 Å². The van der Waals surface area contributed by atoms with Crippen molar-refractivity contribution in [2.24, 2.45) is 0 Å². The van der Waals surface area contributed by atoms with E-state index in [4.69, 9.17) is 20.9 Å². The van der Waals surface area contributed by atoms with Gasteiger partial charge < -0.3 is 19.8 Å². The second-order valence-electron chi connectivity index (χ2n) is 7.61. The van der Waals surface area contributed by atoms with Crippen molar-refractivity contribution >= 4 is 31.1 Å². The van der Waals surface area contributed by atoms with Crippen LogP contribution in [0.3, 0.4) is 0 Å². The molecule has 0 saturated carbocycles. The van der Waals surface area contributed by atoms with Gasteiger partial charge in [0, 0.05) is 11.1 Å². The number of halogens is 2. The van der Waals surface area contributed by atoms with E-state index in [2.05, 4.69) is 5.32 Å². The van der Waals surface area contributed by atoms with Crippen LogP contribution in [0.1, 0.15) is 53.1 Å². The molecule has 3 N–H and O–H groups in total. The number of ether oxygens (including phenoxy) is 1. The van der Waals surface area contributed by atoms with Crippen LogP contribution >= 0.6 is 19.4 Å². The zero-order valence-corrected chi connectivity index (χ0v) is 18.4. The quantitative estimate of drug-likeness (QED) is 0.448. The van der Waals surface area contributed by atoms with Crippen LogP contribution in [0.5, 0.6) is 5.75 Å². The van der Waals surface area contributed by atoms with Gasteiger partial charge in [-0.3, -0.25) is 14.1 Å². The Morgan fingerprint density at radius 3 is 2.48 bits per heavy atom. The number of hydrogen-bond acceptors (Lipinski definition) is 5. The highest BCUT2D eigenvalue weighted by molar-refractivity contribution is 7.46. The van der Waals surface area contributed by atoms with Gasteiger partial charge in [-0.1, -0.05) is 11.6 Å². The van der Waals surface area contributed by atoms with E-state index in [1.807, 2.05) is 0 Å². The summed E-state index contributed by atoms with van der Waals surface area (Å²) >= 11 is 5.98. The van der Waals surface area contributed by atoms with Crippen LogP contribution in [0.4, 0.5) is 4.39 Å². The molecule has 1 amide bonds. The Kier molecular flexibility index (Phi) is 6.28. The molecule has 1 aliphatic heterocycles. The summed E-state index contributed by atoms with van der Waals surface area (Å²) in [5.74, 6) is -1.32. The minimum atomic E-state index is -5.00. The first kappa shape index (κ1) is 23.4. The molecule has 1 aliphatic rings. The number of carbonyl (C=O) groups excluding carboxylic acids is 2. The monoisotopic (exact) mass is 471 g/mol. The molecule has 0 aromatic heterocycles. The zero-order valence-electron chi connectivity index (χ0n) is 16.8. The number of rotatable bonds is 5. The van der Waals surface area contributed by atoms with Gasteiger partial charge in [-0.25, -0.2) is 8.96 Å². The summed E-state index contributed by atoms with van der Waals surface area (Å²) < 4.78 is 35.9. The van der Waals surface area contributed by atoms with Crippen molar-refractivity contribution in [3.63, 3.8) is 0 Å². The molecule has 3 rings (SSSR count).